The average Bonchev–Trinajstić information content (AvgIpc) is 3.57. The van der Waals surface area contributed by atoms with Crippen molar-refractivity contribution in [2.24, 2.45) is 0 Å². The predicted molar refractivity (Wildman–Crippen MR) is 132 cm³/mol. The molecule has 0 radical (unpaired) electrons. The molecule has 0 amide bonds. The lowest BCUT2D eigenvalue weighted by Crippen LogP contribution is -2.11. The summed E-state index contributed by atoms with van der Waals surface area (Å²) in [5.41, 5.74) is 11.1. The number of hydrogen-bond acceptors (Lipinski definition) is 5. The molecule has 9 heteroatoms. The van der Waals surface area contributed by atoms with Crippen LogP contribution in [0.3, 0.4) is 0 Å². The highest BCUT2D eigenvalue weighted by atomic mass is 16.3. The number of phenols is 1. The Balaban J connectivity index is 1.50. The van der Waals surface area contributed by atoms with Crippen LogP contribution < -0.4 is 11.3 Å². The molecule has 4 heterocycles. The number of aromatic amines is 4. The smallest absolute Gasteiger partial charge is 0.275 e. The summed E-state index contributed by atoms with van der Waals surface area (Å²) in [5, 5.41) is 12.2. The van der Waals surface area contributed by atoms with Crippen molar-refractivity contribution in [3.05, 3.63) is 82.8 Å². The van der Waals surface area contributed by atoms with Crippen LogP contribution in [0.25, 0.3) is 44.3 Å². The third kappa shape index (κ3) is 2.98. The molecule has 0 saturated heterocycles. The molecular formula is C25H21N7O2. The SMILES string of the molecule is C[C@H](c1cnc(N)[nH]1)c1ccc(O)c2[nH]cc(-c3cnc(-c4c[nH]c5ccccc45)c(=O)[nH]3)c12. The van der Waals surface area contributed by atoms with Crippen LogP contribution in [0.5, 0.6) is 5.75 Å². The van der Waals surface area contributed by atoms with Crippen LogP contribution in [0.2, 0.25) is 0 Å². The number of phenolic OH excluding ortho intramolecular Hbond substituents is 1. The van der Waals surface area contributed by atoms with Crippen molar-refractivity contribution in [2.75, 3.05) is 5.73 Å². The summed E-state index contributed by atoms with van der Waals surface area (Å²) < 4.78 is 0. The second-order valence-corrected chi connectivity index (χ2v) is 8.29. The van der Waals surface area contributed by atoms with Gasteiger partial charge in [0.15, 0.2) is 5.95 Å². The van der Waals surface area contributed by atoms with E-state index >= 15 is 0 Å². The van der Waals surface area contributed by atoms with E-state index in [1.807, 2.05) is 37.3 Å². The summed E-state index contributed by atoms with van der Waals surface area (Å²) in [6.07, 6.45) is 6.90. The highest BCUT2D eigenvalue weighted by Crippen LogP contribution is 2.39. The van der Waals surface area contributed by atoms with E-state index in [0.717, 1.165) is 38.7 Å². The topological polar surface area (TPSA) is 152 Å². The quantitative estimate of drug-likeness (QED) is 0.237. The summed E-state index contributed by atoms with van der Waals surface area (Å²) in [6.45, 7) is 2.02. The number of nitrogens with two attached hydrogens (primary N) is 1. The van der Waals surface area contributed by atoms with E-state index in [-0.39, 0.29) is 17.2 Å². The zero-order valence-electron chi connectivity index (χ0n) is 18.2. The highest BCUT2D eigenvalue weighted by Gasteiger charge is 2.21. The Morgan fingerprint density at radius 3 is 2.59 bits per heavy atom. The van der Waals surface area contributed by atoms with Crippen LogP contribution in [-0.4, -0.2) is 35.0 Å². The van der Waals surface area contributed by atoms with Crippen LogP contribution in [0.15, 0.2) is 66.0 Å². The minimum Gasteiger partial charge on any atom is -0.506 e. The molecule has 0 aliphatic carbocycles. The molecule has 0 unspecified atom stereocenters. The number of nitrogens with zero attached hydrogens (tertiary/aromatic N) is 2. The molecule has 0 aliphatic heterocycles. The van der Waals surface area contributed by atoms with Crippen molar-refractivity contribution in [2.45, 2.75) is 12.8 Å². The van der Waals surface area contributed by atoms with Gasteiger partial charge in [-0.05, 0) is 17.7 Å². The first-order chi connectivity index (χ1) is 16.5. The molecular weight excluding hydrogens is 430 g/mol. The van der Waals surface area contributed by atoms with Gasteiger partial charge in [-0.15, -0.1) is 0 Å². The number of nitrogen functional groups attached to an aromatic ring is 1. The van der Waals surface area contributed by atoms with Gasteiger partial charge in [0.2, 0.25) is 0 Å². The number of fused-ring (bicyclic) bond motifs is 2. The fourth-order valence-electron chi connectivity index (χ4n) is 4.57. The Morgan fingerprint density at radius 2 is 1.79 bits per heavy atom. The molecule has 6 aromatic rings. The summed E-state index contributed by atoms with van der Waals surface area (Å²) in [5.74, 6) is 0.368. The van der Waals surface area contributed by atoms with Gasteiger partial charge in [-0.2, -0.15) is 0 Å². The highest BCUT2D eigenvalue weighted by molar-refractivity contribution is 6.00. The fraction of sp³-hybridized carbons (Fsp3) is 0.0800. The maximum absolute atomic E-state index is 13.1. The van der Waals surface area contributed by atoms with Gasteiger partial charge in [0.05, 0.1) is 23.6 Å². The molecule has 4 aromatic heterocycles. The van der Waals surface area contributed by atoms with E-state index in [1.165, 1.54) is 0 Å². The molecule has 6 rings (SSSR count). The van der Waals surface area contributed by atoms with E-state index < -0.39 is 0 Å². The van der Waals surface area contributed by atoms with Gasteiger partial charge in [0.25, 0.3) is 5.56 Å². The maximum atomic E-state index is 13.1. The van der Waals surface area contributed by atoms with Gasteiger partial charge in [0.1, 0.15) is 11.4 Å². The number of anilines is 1. The molecule has 0 fully saturated rings. The number of benzene rings is 2. The molecule has 34 heavy (non-hydrogen) atoms. The molecule has 0 saturated carbocycles. The molecule has 9 nitrogen and oxygen atoms in total. The summed E-state index contributed by atoms with van der Waals surface area (Å²) in [7, 11) is 0. The number of rotatable bonds is 4. The summed E-state index contributed by atoms with van der Waals surface area (Å²) in [4.78, 5) is 34.1. The van der Waals surface area contributed by atoms with Crippen LogP contribution in [0.4, 0.5) is 5.95 Å². The lowest BCUT2D eigenvalue weighted by molar-refractivity contribution is 0.480. The normalized spacial score (nSPS) is 12.5. The maximum Gasteiger partial charge on any atom is 0.275 e. The Labute approximate surface area is 192 Å². The van der Waals surface area contributed by atoms with E-state index in [2.05, 4.69) is 29.9 Å². The summed E-state index contributed by atoms with van der Waals surface area (Å²) >= 11 is 0. The minimum atomic E-state index is -0.298. The molecule has 0 bridgehead atoms. The van der Waals surface area contributed by atoms with Gasteiger partial charge in [-0.25, -0.2) is 9.97 Å². The second-order valence-electron chi connectivity index (χ2n) is 8.29. The predicted octanol–water partition coefficient (Wildman–Crippen LogP) is 4.23. The molecule has 168 valence electrons. The van der Waals surface area contributed by atoms with Crippen LogP contribution >= 0.6 is 0 Å². The zero-order chi connectivity index (χ0) is 23.4. The third-order valence-electron chi connectivity index (χ3n) is 6.31. The molecule has 0 aliphatic rings. The first-order valence-electron chi connectivity index (χ1n) is 10.8. The number of para-hydroxylation sites is 1. The zero-order valence-corrected chi connectivity index (χ0v) is 18.2. The lowest BCUT2D eigenvalue weighted by Gasteiger charge is -2.14. The van der Waals surface area contributed by atoms with Gasteiger partial charge in [-0.1, -0.05) is 31.2 Å². The van der Waals surface area contributed by atoms with E-state index in [4.69, 9.17) is 5.73 Å². The van der Waals surface area contributed by atoms with Crippen LogP contribution in [-0.2, 0) is 0 Å². The van der Waals surface area contributed by atoms with Gasteiger partial charge >= 0.3 is 0 Å². The van der Waals surface area contributed by atoms with Crippen molar-refractivity contribution < 1.29 is 5.11 Å². The fourth-order valence-corrected chi connectivity index (χ4v) is 4.57. The van der Waals surface area contributed by atoms with Crippen molar-refractivity contribution in [3.8, 4) is 28.3 Å². The number of aromatic hydroxyl groups is 1. The second kappa shape index (κ2) is 7.38. The van der Waals surface area contributed by atoms with Crippen LogP contribution in [0, 0.1) is 0 Å². The first-order valence-corrected chi connectivity index (χ1v) is 10.8. The minimum absolute atomic E-state index is 0.0902. The largest absolute Gasteiger partial charge is 0.506 e. The van der Waals surface area contributed by atoms with Crippen molar-refractivity contribution in [1.29, 1.82) is 0 Å². The number of H-pyrrole nitrogens is 4. The van der Waals surface area contributed by atoms with Gasteiger partial charge < -0.3 is 30.8 Å². The molecule has 1 atom stereocenters. The first kappa shape index (κ1) is 19.9. The van der Waals surface area contributed by atoms with Gasteiger partial charge in [0, 0.05) is 51.4 Å². The molecule has 7 N–H and O–H groups in total. The Hall–Kier alpha value is -4.79. The average molecular weight is 451 g/mol. The summed E-state index contributed by atoms with van der Waals surface area (Å²) in [6, 6.07) is 11.3. The monoisotopic (exact) mass is 451 g/mol. The lowest BCUT2D eigenvalue weighted by atomic mass is 9.92. The number of hydrogen-bond donors (Lipinski definition) is 6. The van der Waals surface area contributed by atoms with Crippen LogP contribution in [0.1, 0.15) is 24.1 Å². The van der Waals surface area contributed by atoms with Crippen molar-refractivity contribution in [3.63, 3.8) is 0 Å². The van der Waals surface area contributed by atoms with Crippen molar-refractivity contribution >= 4 is 27.8 Å². The standard InChI is InChI=1S/C25H21N7O2/c1-12(18-10-30-25(26)32-18)13-6-7-20(33)23-21(13)16(9-28-23)19-11-29-22(24(34)31-19)15-8-27-17-5-3-2-4-14(15)17/h2-12,27-28,33H,1H3,(H,31,34)(H3,26,30,32)/t12-/m0/s1. The molecule has 2 aromatic carbocycles. The van der Waals surface area contributed by atoms with Gasteiger partial charge in [-0.3, -0.25) is 4.79 Å². The van der Waals surface area contributed by atoms with E-state index in [1.54, 1.807) is 30.9 Å². The Bertz CT molecular complexity index is 1740. The number of nitrogens with one attached hydrogen (secondary N) is 4. The van der Waals surface area contributed by atoms with Crippen molar-refractivity contribution in [1.82, 2.24) is 29.9 Å². The third-order valence-corrected chi connectivity index (χ3v) is 6.31. The van der Waals surface area contributed by atoms with E-state index in [0.29, 0.717) is 22.9 Å². The number of aromatic nitrogens is 6. The Morgan fingerprint density at radius 1 is 0.971 bits per heavy atom. The molecule has 0 spiro atoms. The van der Waals surface area contributed by atoms with E-state index in [9.17, 15) is 9.90 Å². The number of imidazole rings is 1. The Kier molecular flexibility index (Phi) is 4.31.